The maximum absolute atomic E-state index is 2.48. The number of hydrogen-bond acceptors (Lipinski definition) is 0. The lowest BCUT2D eigenvalue weighted by Crippen LogP contribution is -1.87. The summed E-state index contributed by atoms with van der Waals surface area (Å²) in [5.41, 5.74) is 7.83. The first-order valence-electron chi connectivity index (χ1n) is 23.4. The normalized spacial score (nSPS) is 13.0. The summed E-state index contributed by atoms with van der Waals surface area (Å²) in [4.78, 5) is 0. The van der Waals surface area contributed by atoms with Crippen molar-refractivity contribution in [3.8, 4) is 22.3 Å². The Kier molecular flexibility index (Phi) is 5.94. The molecule has 0 fully saturated rings. The van der Waals surface area contributed by atoms with Gasteiger partial charge in [0.15, 0.2) is 0 Å². The average molecular weight is 829 g/mol. The molecule has 66 heavy (non-hydrogen) atoms. The van der Waals surface area contributed by atoms with E-state index in [0.29, 0.717) is 0 Å². The minimum absolute atomic E-state index is 1.27. The molecule has 0 aromatic heterocycles. The molecule has 0 spiro atoms. The van der Waals surface area contributed by atoms with E-state index >= 15 is 0 Å². The van der Waals surface area contributed by atoms with Crippen LogP contribution in [0.2, 0.25) is 0 Å². The van der Waals surface area contributed by atoms with Gasteiger partial charge < -0.3 is 0 Å². The largest absolute Gasteiger partial charge is 0.0622 e. The molecular formula is C66H36. The minimum Gasteiger partial charge on any atom is -0.0622 e. The SMILES string of the molecule is Cc1cc2c(-c3ccccc3)c3c4ccc5c6ccc7c8c(ccc(c9ccc(c4c59)c3c3c4ccccc4c(c1)c23)c68)c1c(-c2ccccc2)c2cc(C)cc3c4ccccc4c(c23)c71. The van der Waals surface area contributed by atoms with Crippen LogP contribution in [0.25, 0.3) is 173 Å². The predicted octanol–water partition coefficient (Wildman–Crippen LogP) is 19.0. The highest BCUT2D eigenvalue weighted by atomic mass is 14.3. The second kappa shape index (κ2) is 11.5. The fourth-order valence-corrected chi connectivity index (χ4v) is 14.0. The van der Waals surface area contributed by atoms with Gasteiger partial charge in [-0.1, -0.05) is 182 Å². The molecule has 0 aliphatic heterocycles. The van der Waals surface area contributed by atoms with Crippen LogP contribution in [0.15, 0.2) is 182 Å². The number of aryl methyl sites for hydroxylation is 2. The molecular weight excluding hydrogens is 793 g/mol. The van der Waals surface area contributed by atoms with Crippen molar-refractivity contribution in [1.82, 2.24) is 0 Å². The molecule has 0 aliphatic rings. The smallest absolute Gasteiger partial charge is 0.000696 e. The average Bonchev–Trinajstić information content (AvgIpc) is 4.08. The van der Waals surface area contributed by atoms with Gasteiger partial charge in [-0.15, -0.1) is 0 Å². The minimum atomic E-state index is 1.27. The molecule has 0 heteroatoms. The van der Waals surface area contributed by atoms with Gasteiger partial charge in [0.25, 0.3) is 0 Å². The Morgan fingerprint density at radius 2 is 0.439 bits per heavy atom. The van der Waals surface area contributed by atoms with E-state index in [1.165, 1.54) is 184 Å². The summed E-state index contributed by atoms with van der Waals surface area (Å²) in [7, 11) is 0. The van der Waals surface area contributed by atoms with Crippen LogP contribution in [0, 0.1) is 13.8 Å². The van der Waals surface area contributed by atoms with Crippen LogP contribution in [0.3, 0.4) is 0 Å². The molecule has 0 nitrogen and oxygen atoms in total. The van der Waals surface area contributed by atoms with E-state index in [0.717, 1.165) is 0 Å². The van der Waals surface area contributed by atoms with Gasteiger partial charge in [-0.25, -0.2) is 0 Å². The topological polar surface area (TPSA) is 0 Å². The molecule has 0 saturated heterocycles. The fraction of sp³-hybridized carbons (Fsp3) is 0.0303. The summed E-state index contributed by atoms with van der Waals surface area (Å²) < 4.78 is 0. The zero-order valence-corrected chi connectivity index (χ0v) is 36.3. The summed E-state index contributed by atoms with van der Waals surface area (Å²) in [5, 5.41) is 38.2. The molecule has 0 heterocycles. The van der Waals surface area contributed by atoms with Crippen molar-refractivity contribution >= 4 is 151 Å². The van der Waals surface area contributed by atoms with Crippen molar-refractivity contribution in [3.05, 3.63) is 193 Å². The maximum atomic E-state index is 2.48. The van der Waals surface area contributed by atoms with Gasteiger partial charge in [-0.05, 0) is 198 Å². The van der Waals surface area contributed by atoms with Crippen molar-refractivity contribution in [1.29, 1.82) is 0 Å². The Bertz CT molecular complexity index is 4620. The predicted molar refractivity (Wildman–Crippen MR) is 288 cm³/mol. The van der Waals surface area contributed by atoms with Gasteiger partial charge in [0.1, 0.15) is 0 Å². The number of hydrogen-bond donors (Lipinski definition) is 0. The quantitative estimate of drug-likeness (QED) is 0.120. The highest BCUT2D eigenvalue weighted by molar-refractivity contribution is 6.54. The van der Waals surface area contributed by atoms with Crippen LogP contribution in [0.5, 0.6) is 0 Å². The van der Waals surface area contributed by atoms with Crippen LogP contribution >= 0.6 is 0 Å². The second-order valence-corrected chi connectivity index (χ2v) is 19.4. The molecule has 0 atom stereocenters. The third-order valence-corrected chi connectivity index (χ3v) is 16.2. The highest BCUT2D eigenvalue weighted by Gasteiger charge is 2.29. The first-order valence-corrected chi connectivity index (χ1v) is 23.4. The van der Waals surface area contributed by atoms with E-state index in [-0.39, 0.29) is 0 Å². The van der Waals surface area contributed by atoms with Crippen molar-refractivity contribution < 1.29 is 0 Å². The van der Waals surface area contributed by atoms with Gasteiger partial charge in [0.05, 0.1) is 0 Å². The monoisotopic (exact) mass is 828 g/mol. The molecule has 0 unspecified atom stereocenters. The number of fused-ring (bicyclic) bond motifs is 16. The molecule has 0 N–H and O–H groups in total. The molecule has 0 amide bonds. The summed E-state index contributed by atoms with van der Waals surface area (Å²) >= 11 is 0. The van der Waals surface area contributed by atoms with Crippen LogP contribution in [-0.2, 0) is 0 Å². The third-order valence-electron chi connectivity index (χ3n) is 16.2. The van der Waals surface area contributed by atoms with E-state index in [4.69, 9.17) is 0 Å². The van der Waals surface area contributed by atoms with E-state index < -0.39 is 0 Å². The Morgan fingerprint density at radius 1 is 0.182 bits per heavy atom. The summed E-state index contributed by atoms with van der Waals surface area (Å²) in [6.45, 7) is 4.53. The molecule has 17 aromatic carbocycles. The summed E-state index contributed by atoms with van der Waals surface area (Å²) in [6, 6.07) is 70.1. The van der Waals surface area contributed by atoms with E-state index in [1.54, 1.807) is 0 Å². The van der Waals surface area contributed by atoms with Crippen LogP contribution in [0.4, 0.5) is 0 Å². The van der Waals surface area contributed by atoms with Gasteiger partial charge in [-0.3, -0.25) is 0 Å². The van der Waals surface area contributed by atoms with Gasteiger partial charge >= 0.3 is 0 Å². The van der Waals surface area contributed by atoms with E-state index in [9.17, 15) is 0 Å². The van der Waals surface area contributed by atoms with Gasteiger partial charge in [-0.2, -0.15) is 0 Å². The van der Waals surface area contributed by atoms with E-state index in [1.807, 2.05) is 0 Å². The Hall–Kier alpha value is -8.32. The van der Waals surface area contributed by atoms with Crippen LogP contribution in [-0.4, -0.2) is 0 Å². The molecule has 0 aliphatic carbocycles. The van der Waals surface area contributed by atoms with Crippen molar-refractivity contribution in [2.24, 2.45) is 0 Å². The Morgan fingerprint density at radius 3 is 0.833 bits per heavy atom. The van der Waals surface area contributed by atoms with Gasteiger partial charge in [0.2, 0.25) is 0 Å². The third kappa shape index (κ3) is 3.79. The zero-order valence-electron chi connectivity index (χ0n) is 36.3. The summed E-state index contributed by atoms with van der Waals surface area (Å²) in [6.07, 6.45) is 0. The lowest BCUT2D eigenvalue weighted by atomic mass is 9.87. The van der Waals surface area contributed by atoms with Gasteiger partial charge in [0, 0.05) is 0 Å². The molecule has 0 saturated carbocycles. The number of benzene rings is 13. The summed E-state index contributed by atoms with van der Waals surface area (Å²) in [5.74, 6) is 0. The lowest BCUT2D eigenvalue weighted by molar-refractivity contribution is 1.53. The second-order valence-electron chi connectivity index (χ2n) is 19.4. The van der Waals surface area contributed by atoms with Crippen molar-refractivity contribution in [3.63, 3.8) is 0 Å². The molecule has 300 valence electrons. The lowest BCUT2D eigenvalue weighted by Gasteiger charge is -2.15. The fourth-order valence-electron chi connectivity index (χ4n) is 14.0. The standard InChI is InChI=1S/C66H36/c1-33-29-49-37-17-9-11-19-39(37)61-59(49)51(31-33)53(35-13-5-3-6-14-35)63-45-25-21-41-44-24-28-48-58-46(26-22-42(56(44)58)43-23-27-47(65(61)63)57(45)55(41)43)64-54(36-15-7-4-8-16-36)52-32-34(2)30-50-38-18-10-12-20-40(38)62(60(50)52)66(48)64/h3-32H,1-2H3. The van der Waals surface area contributed by atoms with Crippen LogP contribution in [0.1, 0.15) is 11.1 Å². The Labute approximate surface area is 378 Å². The molecule has 0 bridgehead atoms. The highest BCUT2D eigenvalue weighted by Crippen LogP contribution is 2.58. The zero-order chi connectivity index (χ0) is 42.8. The molecule has 0 radical (unpaired) electrons. The first-order chi connectivity index (χ1) is 32.6. The van der Waals surface area contributed by atoms with Crippen molar-refractivity contribution in [2.75, 3.05) is 0 Å². The maximum Gasteiger partial charge on any atom is -0.000696 e. The Balaban J connectivity index is 1.09. The number of rotatable bonds is 2. The van der Waals surface area contributed by atoms with Crippen molar-refractivity contribution in [2.45, 2.75) is 13.8 Å². The van der Waals surface area contributed by atoms with E-state index in [2.05, 4.69) is 196 Å². The van der Waals surface area contributed by atoms with Crippen LogP contribution < -0.4 is 0 Å². The molecule has 17 aromatic rings. The first kappa shape index (κ1) is 34.1. The molecule has 17 rings (SSSR count).